The molecule has 1 aromatic heterocycles. The number of aromatic nitrogens is 1. The highest BCUT2D eigenvalue weighted by atomic mass is 32.2. The molecule has 2 aromatic carbocycles. The van der Waals surface area contributed by atoms with Crippen LogP contribution in [0.2, 0.25) is 0 Å². The van der Waals surface area contributed by atoms with Crippen molar-refractivity contribution in [3.63, 3.8) is 0 Å². The van der Waals surface area contributed by atoms with Gasteiger partial charge in [-0.1, -0.05) is 0 Å². The predicted octanol–water partition coefficient (Wildman–Crippen LogP) is 2.98. The molecule has 0 spiro atoms. The minimum Gasteiger partial charge on any atom is -0.368 e. The number of halogens is 1. The molecule has 9 heteroatoms. The number of rotatable bonds is 5. The zero-order valence-electron chi connectivity index (χ0n) is 16.6. The third kappa shape index (κ3) is 4.83. The lowest BCUT2D eigenvalue weighted by atomic mass is 10.2. The molecule has 7 nitrogen and oxygen atoms in total. The molecule has 1 amide bonds. The molecule has 160 valence electrons. The summed E-state index contributed by atoms with van der Waals surface area (Å²) >= 11 is 0. The average molecular weight is 441 g/mol. The molecule has 2 heterocycles. The van der Waals surface area contributed by atoms with Gasteiger partial charge >= 0.3 is 0 Å². The van der Waals surface area contributed by atoms with E-state index < -0.39 is 15.8 Å². The van der Waals surface area contributed by atoms with E-state index in [9.17, 15) is 17.6 Å². The predicted molar refractivity (Wildman–Crippen MR) is 116 cm³/mol. The van der Waals surface area contributed by atoms with Gasteiger partial charge in [0, 0.05) is 55.5 Å². The number of hydrogen-bond donors (Lipinski definition) is 1. The van der Waals surface area contributed by atoms with Gasteiger partial charge in [0.25, 0.3) is 15.9 Å². The van der Waals surface area contributed by atoms with Crippen LogP contribution >= 0.6 is 0 Å². The number of benzene rings is 2. The standard InChI is InChI=1S/C22H21FN4O3S/c23-18-3-5-19(6-4-18)25-31(29,30)21-7-1-17(2-8-21)22(28)27-15-13-26(14-16-27)20-9-11-24-12-10-20/h1-12,25H,13-16H2. The van der Waals surface area contributed by atoms with Crippen LogP contribution in [-0.2, 0) is 10.0 Å². The van der Waals surface area contributed by atoms with Crippen LogP contribution in [0.3, 0.4) is 0 Å². The Labute approximate surface area is 180 Å². The maximum Gasteiger partial charge on any atom is 0.261 e. The minimum atomic E-state index is -3.84. The highest BCUT2D eigenvalue weighted by Gasteiger charge is 2.23. The fraction of sp³-hybridized carbons (Fsp3) is 0.182. The zero-order valence-corrected chi connectivity index (χ0v) is 17.4. The first-order valence-corrected chi connectivity index (χ1v) is 11.2. The van der Waals surface area contributed by atoms with Crippen molar-refractivity contribution in [3.8, 4) is 0 Å². The minimum absolute atomic E-state index is 0.0240. The van der Waals surface area contributed by atoms with Crippen LogP contribution in [0, 0.1) is 5.82 Å². The molecule has 1 fully saturated rings. The van der Waals surface area contributed by atoms with E-state index in [0.29, 0.717) is 31.7 Å². The Balaban J connectivity index is 1.39. The Kier molecular flexibility index (Phi) is 5.85. The number of carbonyl (C=O) groups is 1. The number of nitrogens with one attached hydrogen (secondary N) is 1. The van der Waals surface area contributed by atoms with Gasteiger partial charge in [-0.25, -0.2) is 12.8 Å². The third-order valence-electron chi connectivity index (χ3n) is 5.10. The number of piperazine rings is 1. The van der Waals surface area contributed by atoms with Gasteiger partial charge in [0.05, 0.1) is 4.90 Å². The van der Waals surface area contributed by atoms with Crippen molar-refractivity contribution in [2.24, 2.45) is 0 Å². The highest BCUT2D eigenvalue weighted by Crippen LogP contribution is 2.19. The first-order chi connectivity index (χ1) is 14.9. The Bertz CT molecular complexity index is 1150. The molecule has 31 heavy (non-hydrogen) atoms. The molecular formula is C22H21FN4O3S. The van der Waals surface area contributed by atoms with Crippen molar-refractivity contribution in [1.29, 1.82) is 0 Å². The van der Waals surface area contributed by atoms with Gasteiger partial charge in [0.2, 0.25) is 0 Å². The van der Waals surface area contributed by atoms with E-state index in [-0.39, 0.29) is 16.5 Å². The lowest BCUT2D eigenvalue weighted by Gasteiger charge is -2.36. The molecule has 4 rings (SSSR count). The largest absolute Gasteiger partial charge is 0.368 e. The molecule has 1 N–H and O–H groups in total. The lowest BCUT2D eigenvalue weighted by molar-refractivity contribution is 0.0746. The number of carbonyl (C=O) groups excluding carboxylic acids is 1. The Morgan fingerprint density at radius 2 is 1.48 bits per heavy atom. The molecule has 3 aromatic rings. The molecule has 1 aliphatic rings. The van der Waals surface area contributed by atoms with Crippen molar-refractivity contribution in [1.82, 2.24) is 9.88 Å². The summed E-state index contributed by atoms with van der Waals surface area (Å²) < 4.78 is 40.5. The normalized spacial score (nSPS) is 14.4. The topological polar surface area (TPSA) is 82.6 Å². The molecule has 0 unspecified atom stereocenters. The van der Waals surface area contributed by atoms with Crippen molar-refractivity contribution in [3.05, 3.63) is 84.4 Å². The second kappa shape index (κ2) is 8.73. The summed E-state index contributed by atoms with van der Waals surface area (Å²) in [5.74, 6) is -0.586. The second-order valence-corrected chi connectivity index (χ2v) is 8.80. The van der Waals surface area contributed by atoms with Gasteiger partial charge < -0.3 is 9.80 Å². The van der Waals surface area contributed by atoms with E-state index >= 15 is 0 Å². The van der Waals surface area contributed by atoms with Crippen LogP contribution < -0.4 is 9.62 Å². The maximum atomic E-state index is 13.0. The van der Waals surface area contributed by atoms with E-state index in [4.69, 9.17) is 0 Å². The smallest absolute Gasteiger partial charge is 0.261 e. The zero-order chi connectivity index (χ0) is 21.8. The Hall–Kier alpha value is -3.46. The number of anilines is 2. The first-order valence-electron chi connectivity index (χ1n) is 9.75. The molecule has 0 radical (unpaired) electrons. The SMILES string of the molecule is O=C(c1ccc(S(=O)(=O)Nc2ccc(F)cc2)cc1)N1CCN(c2ccncc2)CC1. The van der Waals surface area contributed by atoms with Crippen molar-refractivity contribution < 1.29 is 17.6 Å². The molecular weight excluding hydrogens is 419 g/mol. The van der Waals surface area contributed by atoms with E-state index in [0.717, 1.165) is 5.69 Å². The lowest BCUT2D eigenvalue weighted by Crippen LogP contribution is -2.48. The maximum absolute atomic E-state index is 13.0. The van der Waals surface area contributed by atoms with Gasteiger partial charge in [-0.05, 0) is 60.7 Å². The molecule has 0 aliphatic carbocycles. The number of nitrogens with zero attached hydrogens (tertiary/aromatic N) is 3. The van der Waals surface area contributed by atoms with Crippen molar-refractivity contribution >= 4 is 27.3 Å². The quantitative estimate of drug-likeness (QED) is 0.660. The summed E-state index contributed by atoms with van der Waals surface area (Å²) in [5, 5.41) is 0. The fourth-order valence-corrected chi connectivity index (χ4v) is 4.47. The number of sulfonamides is 1. The number of pyridine rings is 1. The Morgan fingerprint density at radius 1 is 0.871 bits per heavy atom. The van der Waals surface area contributed by atoms with E-state index in [1.54, 1.807) is 17.3 Å². The van der Waals surface area contributed by atoms with Crippen LogP contribution in [-0.4, -0.2) is 50.4 Å². The van der Waals surface area contributed by atoms with Gasteiger partial charge in [0.15, 0.2) is 0 Å². The van der Waals surface area contributed by atoms with Crippen molar-refractivity contribution in [2.75, 3.05) is 35.8 Å². The summed E-state index contributed by atoms with van der Waals surface area (Å²) in [6, 6.07) is 14.7. The fourth-order valence-electron chi connectivity index (χ4n) is 3.41. The summed E-state index contributed by atoms with van der Waals surface area (Å²) in [6.45, 7) is 2.58. The highest BCUT2D eigenvalue weighted by molar-refractivity contribution is 7.92. The van der Waals surface area contributed by atoms with Gasteiger partial charge in [-0.15, -0.1) is 0 Å². The van der Waals surface area contributed by atoms with Crippen LogP contribution in [0.25, 0.3) is 0 Å². The van der Waals surface area contributed by atoms with Crippen LogP contribution in [0.1, 0.15) is 10.4 Å². The Morgan fingerprint density at radius 3 is 2.10 bits per heavy atom. The second-order valence-electron chi connectivity index (χ2n) is 7.12. The molecule has 0 bridgehead atoms. The number of amides is 1. The van der Waals surface area contributed by atoms with Gasteiger partial charge in [-0.3, -0.25) is 14.5 Å². The number of hydrogen-bond acceptors (Lipinski definition) is 5. The summed E-state index contributed by atoms with van der Waals surface area (Å²) in [4.78, 5) is 20.8. The molecule has 0 saturated carbocycles. The van der Waals surface area contributed by atoms with Crippen LogP contribution in [0.4, 0.5) is 15.8 Å². The first kappa shape index (κ1) is 20.8. The third-order valence-corrected chi connectivity index (χ3v) is 6.50. The van der Waals surface area contributed by atoms with Gasteiger partial charge in [0.1, 0.15) is 5.82 Å². The van der Waals surface area contributed by atoms with E-state index in [1.807, 2.05) is 12.1 Å². The monoisotopic (exact) mass is 440 g/mol. The van der Waals surface area contributed by atoms with Crippen LogP contribution in [0.15, 0.2) is 78.0 Å². The summed E-state index contributed by atoms with van der Waals surface area (Å²) in [7, 11) is -3.84. The van der Waals surface area contributed by atoms with Crippen molar-refractivity contribution in [2.45, 2.75) is 4.90 Å². The van der Waals surface area contributed by atoms with Crippen LogP contribution in [0.5, 0.6) is 0 Å². The van der Waals surface area contributed by atoms with Gasteiger partial charge in [-0.2, -0.15) is 0 Å². The summed E-state index contributed by atoms with van der Waals surface area (Å²) in [5.41, 5.74) is 1.76. The van der Waals surface area contributed by atoms with E-state index in [2.05, 4.69) is 14.6 Å². The molecule has 0 atom stereocenters. The molecule has 1 saturated heterocycles. The average Bonchev–Trinajstić information content (AvgIpc) is 2.81. The van der Waals surface area contributed by atoms with E-state index in [1.165, 1.54) is 48.5 Å². The summed E-state index contributed by atoms with van der Waals surface area (Å²) in [6.07, 6.45) is 3.49. The molecule has 1 aliphatic heterocycles.